The van der Waals surface area contributed by atoms with Crippen LogP contribution in [0.5, 0.6) is 5.88 Å². The Labute approximate surface area is 111 Å². The first kappa shape index (κ1) is 13.3. The number of hydrogen-bond acceptors (Lipinski definition) is 4. The number of rotatable bonds is 2. The first-order chi connectivity index (χ1) is 8.88. The van der Waals surface area contributed by atoms with E-state index in [1.54, 1.807) is 0 Å². The Hall–Kier alpha value is -2.17. The molecule has 100 valence electrons. The second kappa shape index (κ2) is 4.84. The van der Waals surface area contributed by atoms with Crippen LogP contribution in [0.1, 0.15) is 36.7 Å². The molecule has 0 fully saturated rings. The highest BCUT2D eigenvalue weighted by molar-refractivity contribution is 5.56. The van der Waals surface area contributed by atoms with Crippen LogP contribution in [-0.2, 0) is 0 Å². The molecule has 0 atom stereocenters. The number of nitrogens with zero attached hydrogens (tertiary/aromatic N) is 2. The SMILES string of the molecule is Cc1cc(-c2nc(O)c(C(C)C)c(=O)[nH]2)cc(C)n1. The van der Waals surface area contributed by atoms with E-state index in [1.165, 1.54) is 0 Å². The van der Waals surface area contributed by atoms with Crippen molar-refractivity contribution >= 4 is 0 Å². The summed E-state index contributed by atoms with van der Waals surface area (Å²) in [6.45, 7) is 7.42. The van der Waals surface area contributed by atoms with Gasteiger partial charge in [0.25, 0.3) is 5.56 Å². The van der Waals surface area contributed by atoms with Gasteiger partial charge in [-0.1, -0.05) is 13.8 Å². The Morgan fingerprint density at radius 2 is 1.74 bits per heavy atom. The lowest BCUT2D eigenvalue weighted by Gasteiger charge is -2.09. The van der Waals surface area contributed by atoms with Crippen LogP contribution in [0.15, 0.2) is 16.9 Å². The summed E-state index contributed by atoms with van der Waals surface area (Å²) in [6.07, 6.45) is 0. The van der Waals surface area contributed by atoms with Crippen molar-refractivity contribution in [2.24, 2.45) is 0 Å². The van der Waals surface area contributed by atoms with Crippen LogP contribution >= 0.6 is 0 Å². The number of H-pyrrole nitrogens is 1. The number of aromatic amines is 1. The van der Waals surface area contributed by atoms with E-state index in [-0.39, 0.29) is 17.4 Å². The van der Waals surface area contributed by atoms with Gasteiger partial charge in [0.15, 0.2) is 0 Å². The van der Waals surface area contributed by atoms with Crippen LogP contribution in [0, 0.1) is 13.8 Å². The zero-order valence-corrected chi connectivity index (χ0v) is 11.5. The van der Waals surface area contributed by atoms with Crippen LogP contribution < -0.4 is 5.56 Å². The quantitative estimate of drug-likeness (QED) is 0.867. The fourth-order valence-corrected chi connectivity index (χ4v) is 2.10. The Balaban J connectivity index is 2.62. The largest absolute Gasteiger partial charge is 0.493 e. The lowest BCUT2D eigenvalue weighted by molar-refractivity contribution is 0.440. The predicted molar refractivity (Wildman–Crippen MR) is 73.3 cm³/mol. The van der Waals surface area contributed by atoms with E-state index in [4.69, 9.17) is 0 Å². The van der Waals surface area contributed by atoms with Crippen LogP contribution in [0.25, 0.3) is 11.4 Å². The zero-order chi connectivity index (χ0) is 14.2. The minimum atomic E-state index is -0.301. The fourth-order valence-electron chi connectivity index (χ4n) is 2.10. The Morgan fingerprint density at radius 3 is 2.21 bits per heavy atom. The third-order valence-electron chi connectivity index (χ3n) is 2.87. The molecule has 0 aliphatic heterocycles. The van der Waals surface area contributed by atoms with Crippen LogP contribution in [-0.4, -0.2) is 20.1 Å². The van der Waals surface area contributed by atoms with Gasteiger partial charge in [0.1, 0.15) is 5.82 Å². The minimum absolute atomic E-state index is 0.0776. The van der Waals surface area contributed by atoms with Crippen molar-refractivity contribution in [1.82, 2.24) is 15.0 Å². The lowest BCUT2D eigenvalue weighted by Crippen LogP contribution is -2.16. The lowest BCUT2D eigenvalue weighted by atomic mass is 10.1. The molecule has 19 heavy (non-hydrogen) atoms. The van der Waals surface area contributed by atoms with Crippen molar-refractivity contribution in [3.05, 3.63) is 39.4 Å². The standard InChI is InChI=1S/C14H17N3O2/c1-7(2)11-13(18)16-12(17-14(11)19)10-5-8(3)15-9(4)6-10/h5-7H,1-4H3,(H2,16,17,18,19). The van der Waals surface area contributed by atoms with Gasteiger partial charge in [-0.25, -0.2) is 0 Å². The van der Waals surface area contributed by atoms with E-state index in [2.05, 4.69) is 15.0 Å². The Kier molecular flexibility index (Phi) is 3.38. The minimum Gasteiger partial charge on any atom is -0.493 e. The number of aromatic nitrogens is 3. The van der Waals surface area contributed by atoms with Crippen molar-refractivity contribution in [1.29, 1.82) is 0 Å². The van der Waals surface area contributed by atoms with Crippen molar-refractivity contribution in [2.45, 2.75) is 33.6 Å². The Bertz CT molecular complexity index is 655. The van der Waals surface area contributed by atoms with E-state index in [9.17, 15) is 9.90 Å². The molecule has 0 spiro atoms. The molecule has 2 aromatic rings. The van der Waals surface area contributed by atoms with Gasteiger partial charge in [-0.3, -0.25) is 9.78 Å². The number of aryl methyl sites for hydroxylation is 2. The van der Waals surface area contributed by atoms with Gasteiger partial charge >= 0.3 is 0 Å². The molecule has 0 unspecified atom stereocenters. The summed E-state index contributed by atoms with van der Waals surface area (Å²) in [4.78, 5) is 23.0. The van der Waals surface area contributed by atoms with E-state index in [0.29, 0.717) is 11.4 Å². The molecule has 2 heterocycles. The van der Waals surface area contributed by atoms with Crippen LogP contribution in [0.3, 0.4) is 0 Å². The zero-order valence-electron chi connectivity index (χ0n) is 11.5. The van der Waals surface area contributed by atoms with Crippen molar-refractivity contribution in [3.63, 3.8) is 0 Å². The summed E-state index contributed by atoms with van der Waals surface area (Å²) in [6, 6.07) is 3.64. The van der Waals surface area contributed by atoms with E-state index >= 15 is 0 Å². The molecule has 0 aromatic carbocycles. The second-order valence-corrected chi connectivity index (χ2v) is 4.95. The summed E-state index contributed by atoms with van der Waals surface area (Å²) >= 11 is 0. The summed E-state index contributed by atoms with van der Waals surface area (Å²) in [5.74, 6) is 0.0765. The van der Waals surface area contributed by atoms with Crippen molar-refractivity contribution in [3.8, 4) is 17.3 Å². The van der Waals surface area contributed by atoms with Gasteiger partial charge in [-0.05, 0) is 31.9 Å². The maximum atomic E-state index is 12.0. The van der Waals surface area contributed by atoms with Crippen LogP contribution in [0.2, 0.25) is 0 Å². The molecular weight excluding hydrogens is 242 g/mol. The molecule has 0 amide bonds. The van der Waals surface area contributed by atoms with Crippen molar-refractivity contribution in [2.75, 3.05) is 0 Å². The molecule has 2 aromatic heterocycles. The normalized spacial score (nSPS) is 11.0. The van der Waals surface area contributed by atoms with E-state index in [0.717, 1.165) is 17.0 Å². The fraction of sp³-hybridized carbons (Fsp3) is 0.357. The molecule has 2 rings (SSSR count). The maximum absolute atomic E-state index is 12.0. The van der Waals surface area contributed by atoms with Gasteiger partial charge in [0, 0.05) is 17.0 Å². The topological polar surface area (TPSA) is 78.9 Å². The Morgan fingerprint density at radius 1 is 1.16 bits per heavy atom. The number of aromatic hydroxyl groups is 1. The number of nitrogens with one attached hydrogen (secondary N) is 1. The molecule has 0 aliphatic rings. The van der Waals surface area contributed by atoms with Gasteiger partial charge in [0.05, 0.1) is 5.56 Å². The first-order valence-electron chi connectivity index (χ1n) is 6.17. The molecule has 0 saturated heterocycles. The van der Waals surface area contributed by atoms with Gasteiger partial charge in [-0.15, -0.1) is 0 Å². The van der Waals surface area contributed by atoms with Gasteiger partial charge < -0.3 is 10.1 Å². The molecular formula is C14H17N3O2. The van der Waals surface area contributed by atoms with Gasteiger partial charge in [-0.2, -0.15) is 4.98 Å². The molecule has 2 N–H and O–H groups in total. The average molecular weight is 259 g/mol. The molecule has 0 saturated carbocycles. The maximum Gasteiger partial charge on any atom is 0.258 e. The van der Waals surface area contributed by atoms with E-state index < -0.39 is 0 Å². The molecule has 5 nitrogen and oxygen atoms in total. The molecule has 5 heteroatoms. The highest BCUT2D eigenvalue weighted by Gasteiger charge is 2.15. The van der Waals surface area contributed by atoms with Gasteiger partial charge in [0.2, 0.25) is 5.88 Å². The van der Waals surface area contributed by atoms with E-state index in [1.807, 2.05) is 39.8 Å². The molecule has 0 aliphatic carbocycles. The third kappa shape index (κ3) is 2.65. The van der Waals surface area contributed by atoms with Crippen molar-refractivity contribution < 1.29 is 5.11 Å². The average Bonchev–Trinajstić information content (AvgIpc) is 2.25. The highest BCUT2D eigenvalue weighted by Crippen LogP contribution is 2.22. The summed E-state index contributed by atoms with van der Waals surface area (Å²) in [5.41, 5.74) is 2.43. The predicted octanol–water partition coefficient (Wildman–Crippen LogP) is 2.28. The molecule has 0 bridgehead atoms. The number of pyridine rings is 1. The first-order valence-corrected chi connectivity index (χ1v) is 6.17. The number of hydrogen-bond donors (Lipinski definition) is 2. The summed E-state index contributed by atoms with van der Waals surface area (Å²) in [7, 11) is 0. The molecule has 0 radical (unpaired) electrons. The summed E-state index contributed by atoms with van der Waals surface area (Å²) in [5, 5.41) is 9.90. The summed E-state index contributed by atoms with van der Waals surface area (Å²) < 4.78 is 0. The third-order valence-corrected chi connectivity index (χ3v) is 2.87. The monoisotopic (exact) mass is 259 g/mol. The smallest absolute Gasteiger partial charge is 0.258 e. The second-order valence-electron chi connectivity index (χ2n) is 4.95. The highest BCUT2D eigenvalue weighted by atomic mass is 16.3. The van der Waals surface area contributed by atoms with Crippen LogP contribution in [0.4, 0.5) is 0 Å².